The van der Waals surface area contributed by atoms with Gasteiger partial charge in [0.1, 0.15) is 0 Å². The van der Waals surface area contributed by atoms with Gasteiger partial charge in [0.05, 0.1) is 24.8 Å². The molecule has 1 N–H and O–H groups in total. The molecule has 2 heterocycles. The van der Waals surface area contributed by atoms with Gasteiger partial charge in [-0.1, -0.05) is 6.07 Å². The molecule has 6 nitrogen and oxygen atoms in total. The normalized spacial score (nSPS) is 12.1. The Morgan fingerprint density at radius 2 is 2.30 bits per heavy atom. The lowest BCUT2D eigenvalue weighted by molar-refractivity contribution is -0.121. The molecule has 0 bridgehead atoms. The van der Waals surface area contributed by atoms with Crippen LogP contribution >= 0.6 is 0 Å². The van der Waals surface area contributed by atoms with Crippen LogP contribution in [-0.2, 0) is 23.0 Å². The molecule has 0 radical (unpaired) electrons. The summed E-state index contributed by atoms with van der Waals surface area (Å²) in [7, 11) is 3.45. The van der Waals surface area contributed by atoms with E-state index >= 15 is 0 Å². The first-order valence-electron chi connectivity index (χ1n) is 6.36. The van der Waals surface area contributed by atoms with Gasteiger partial charge in [0.2, 0.25) is 5.91 Å². The summed E-state index contributed by atoms with van der Waals surface area (Å²) in [6.45, 7) is 0.401. The molecule has 106 valence electrons. The summed E-state index contributed by atoms with van der Waals surface area (Å²) < 4.78 is 6.90. The van der Waals surface area contributed by atoms with Gasteiger partial charge in [0, 0.05) is 32.7 Å². The van der Waals surface area contributed by atoms with Gasteiger partial charge in [-0.3, -0.25) is 14.5 Å². The Morgan fingerprint density at radius 1 is 1.45 bits per heavy atom. The quantitative estimate of drug-likeness (QED) is 0.848. The molecule has 1 atom stereocenters. The Morgan fingerprint density at radius 3 is 2.90 bits per heavy atom. The molecule has 0 aromatic carbocycles. The third-order valence-electron chi connectivity index (χ3n) is 2.97. The second-order valence-corrected chi connectivity index (χ2v) is 4.49. The number of amides is 1. The summed E-state index contributed by atoms with van der Waals surface area (Å²) in [5, 5.41) is 7.07. The first-order valence-corrected chi connectivity index (χ1v) is 6.36. The number of nitrogens with one attached hydrogen (secondary N) is 1. The molecule has 2 aromatic rings. The van der Waals surface area contributed by atoms with Crippen molar-refractivity contribution >= 4 is 5.91 Å². The van der Waals surface area contributed by atoms with Crippen molar-refractivity contribution in [3.63, 3.8) is 0 Å². The summed E-state index contributed by atoms with van der Waals surface area (Å²) in [6.07, 6.45) is 5.37. The van der Waals surface area contributed by atoms with Crippen molar-refractivity contribution in [2.45, 2.75) is 12.5 Å². The van der Waals surface area contributed by atoms with Crippen LogP contribution in [0.2, 0.25) is 0 Å². The molecular formula is C14H18N4O2. The molecule has 2 aromatic heterocycles. The number of hydrogen-bond acceptors (Lipinski definition) is 4. The van der Waals surface area contributed by atoms with Crippen LogP contribution in [0.1, 0.15) is 17.3 Å². The van der Waals surface area contributed by atoms with Gasteiger partial charge >= 0.3 is 0 Å². The first-order chi connectivity index (χ1) is 9.70. The molecular weight excluding hydrogens is 256 g/mol. The lowest BCUT2D eigenvalue weighted by Gasteiger charge is -2.18. The average molecular weight is 274 g/mol. The molecule has 2 rings (SSSR count). The molecule has 0 aliphatic heterocycles. The molecule has 0 saturated heterocycles. The van der Waals surface area contributed by atoms with Crippen LogP contribution in [0.25, 0.3) is 0 Å². The number of pyridine rings is 1. The molecule has 0 fully saturated rings. The number of carbonyl (C=O) groups excluding carboxylic acids is 1. The zero-order chi connectivity index (χ0) is 14.4. The minimum Gasteiger partial charge on any atom is -0.382 e. The highest BCUT2D eigenvalue weighted by Gasteiger charge is 2.17. The molecule has 0 saturated carbocycles. The molecule has 6 heteroatoms. The van der Waals surface area contributed by atoms with Gasteiger partial charge in [-0.15, -0.1) is 0 Å². The summed E-state index contributed by atoms with van der Waals surface area (Å²) in [6, 6.07) is 5.35. The topological polar surface area (TPSA) is 69.0 Å². The number of carbonyl (C=O) groups is 1. The van der Waals surface area contributed by atoms with E-state index in [0.717, 1.165) is 11.3 Å². The first kappa shape index (κ1) is 14.2. The highest BCUT2D eigenvalue weighted by Crippen LogP contribution is 2.12. The third kappa shape index (κ3) is 3.64. The van der Waals surface area contributed by atoms with E-state index in [1.54, 1.807) is 30.4 Å². The van der Waals surface area contributed by atoms with Crippen molar-refractivity contribution in [2.24, 2.45) is 7.05 Å². The lowest BCUT2D eigenvalue weighted by Crippen LogP contribution is -2.33. The van der Waals surface area contributed by atoms with Gasteiger partial charge in [0.15, 0.2) is 0 Å². The highest BCUT2D eigenvalue weighted by atomic mass is 16.5. The molecule has 0 aliphatic rings. The monoisotopic (exact) mass is 274 g/mol. The van der Waals surface area contributed by atoms with Crippen molar-refractivity contribution in [3.05, 3.63) is 48.0 Å². The van der Waals surface area contributed by atoms with Crippen LogP contribution in [0.5, 0.6) is 0 Å². The second kappa shape index (κ2) is 6.81. The van der Waals surface area contributed by atoms with E-state index in [1.165, 1.54) is 0 Å². The number of methoxy groups -OCH3 is 1. The maximum absolute atomic E-state index is 12.1. The van der Waals surface area contributed by atoms with Crippen molar-refractivity contribution in [1.29, 1.82) is 0 Å². The molecule has 0 aliphatic carbocycles. The smallest absolute Gasteiger partial charge is 0.225 e. The Balaban J connectivity index is 2.01. The summed E-state index contributed by atoms with van der Waals surface area (Å²) in [5.41, 5.74) is 1.79. The van der Waals surface area contributed by atoms with Gasteiger partial charge in [0.25, 0.3) is 0 Å². The van der Waals surface area contributed by atoms with Crippen molar-refractivity contribution in [2.75, 3.05) is 13.7 Å². The van der Waals surface area contributed by atoms with E-state index in [9.17, 15) is 4.79 Å². The maximum atomic E-state index is 12.1. The van der Waals surface area contributed by atoms with Crippen molar-refractivity contribution in [1.82, 2.24) is 20.1 Å². The van der Waals surface area contributed by atoms with E-state index in [0.29, 0.717) is 13.0 Å². The van der Waals surface area contributed by atoms with E-state index in [4.69, 9.17) is 4.74 Å². The zero-order valence-electron chi connectivity index (χ0n) is 11.6. The van der Waals surface area contributed by atoms with Gasteiger partial charge in [-0.05, 0) is 17.7 Å². The fourth-order valence-corrected chi connectivity index (χ4v) is 2.03. The predicted octanol–water partition coefficient (Wildman–Crippen LogP) is 0.861. The highest BCUT2D eigenvalue weighted by molar-refractivity contribution is 5.78. The van der Waals surface area contributed by atoms with Crippen LogP contribution in [0.3, 0.4) is 0 Å². The van der Waals surface area contributed by atoms with Crippen LogP contribution in [0.15, 0.2) is 36.8 Å². The largest absolute Gasteiger partial charge is 0.382 e. The van der Waals surface area contributed by atoms with Crippen LogP contribution in [0.4, 0.5) is 0 Å². The number of rotatable bonds is 6. The van der Waals surface area contributed by atoms with Crippen molar-refractivity contribution in [3.8, 4) is 0 Å². The Bertz CT molecular complexity index is 553. The van der Waals surface area contributed by atoms with Crippen molar-refractivity contribution < 1.29 is 9.53 Å². The fourth-order valence-electron chi connectivity index (χ4n) is 2.03. The lowest BCUT2D eigenvalue weighted by atomic mass is 10.1. The molecule has 20 heavy (non-hydrogen) atoms. The predicted molar refractivity (Wildman–Crippen MR) is 73.9 cm³/mol. The van der Waals surface area contributed by atoms with Crippen LogP contribution < -0.4 is 5.32 Å². The summed E-state index contributed by atoms with van der Waals surface area (Å²) in [5.74, 6) is -0.0683. The minimum absolute atomic E-state index is 0.0683. The Labute approximate surface area is 117 Å². The van der Waals surface area contributed by atoms with E-state index < -0.39 is 0 Å². The average Bonchev–Trinajstić information content (AvgIpc) is 2.85. The number of aryl methyl sites for hydroxylation is 1. The second-order valence-electron chi connectivity index (χ2n) is 4.49. The number of ether oxygens (including phenoxy) is 1. The van der Waals surface area contributed by atoms with Gasteiger partial charge in [-0.25, -0.2) is 0 Å². The molecule has 0 spiro atoms. The third-order valence-corrected chi connectivity index (χ3v) is 2.97. The number of hydrogen-bond donors (Lipinski definition) is 1. The van der Waals surface area contributed by atoms with E-state index in [-0.39, 0.29) is 11.9 Å². The summed E-state index contributed by atoms with van der Waals surface area (Å²) >= 11 is 0. The SMILES string of the molecule is COCC(NC(=O)Cc1cccnc1)c1ccnn1C. The number of aromatic nitrogens is 3. The Hall–Kier alpha value is -2.21. The fraction of sp³-hybridized carbons (Fsp3) is 0.357. The van der Waals surface area contributed by atoms with Crippen LogP contribution in [-0.4, -0.2) is 34.4 Å². The Kier molecular flexibility index (Phi) is 4.84. The summed E-state index contributed by atoms with van der Waals surface area (Å²) in [4.78, 5) is 16.1. The van der Waals surface area contributed by atoms with Gasteiger partial charge in [-0.2, -0.15) is 5.10 Å². The van der Waals surface area contributed by atoms with E-state index in [1.807, 2.05) is 25.2 Å². The maximum Gasteiger partial charge on any atom is 0.225 e. The molecule has 1 unspecified atom stereocenters. The minimum atomic E-state index is -0.211. The van der Waals surface area contributed by atoms with Crippen LogP contribution in [0, 0.1) is 0 Å². The van der Waals surface area contributed by atoms with E-state index in [2.05, 4.69) is 15.4 Å². The standard InChI is InChI=1S/C14H18N4O2/c1-18-13(5-7-16-18)12(10-20-2)17-14(19)8-11-4-3-6-15-9-11/h3-7,9,12H,8,10H2,1-2H3,(H,17,19). The number of nitrogens with zero attached hydrogens (tertiary/aromatic N) is 3. The molecule has 1 amide bonds. The zero-order valence-corrected chi connectivity index (χ0v) is 11.6. The van der Waals surface area contributed by atoms with Gasteiger partial charge < -0.3 is 10.1 Å².